The molecule has 0 aliphatic heterocycles. The smallest absolute Gasteiger partial charge is 0.378 e. The van der Waals surface area contributed by atoms with Gasteiger partial charge in [-0.2, -0.15) is 18.4 Å². The van der Waals surface area contributed by atoms with Crippen LogP contribution in [-0.4, -0.2) is 26.1 Å². The Morgan fingerprint density at radius 3 is 2.58 bits per heavy atom. The highest BCUT2D eigenvalue weighted by atomic mass is 19.4. The molecule has 1 atom stereocenters. The molecular weight excluding hydrogens is 417 g/mol. The lowest BCUT2D eigenvalue weighted by molar-refractivity contribution is -0.384. The van der Waals surface area contributed by atoms with Crippen LogP contribution in [0.3, 0.4) is 0 Å². The number of alkyl halides is 3. The first kappa shape index (κ1) is 21.8. The van der Waals surface area contributed by atoms with Crippen LogP contribution in [0.25, 0.3) is 10.9 Å². The first-order valence-electron chi connectivity index (χ1n) is 8.81. The number of nitro benzene ring substituents is 1. The summed E-state index contributed by atoms with van der Waals surface area (Å²) in [5.74, 6) is -0.964. The van der Waals surface area contributed by atoms with Gasteiger partial charge in [-0.3, -0.25) is 14.9 Å². The zero-order chi connectivity index (χ0) is 23.0. The molecule has 1 aromatic heterocycles. The highest BCUT2D eigenvalue weighted by molar-refractivity contribution is 5.97. The molecule has 0 aliphatic carbocycles. The maximum Gasteiger partial charge on any atom is 0.417 e. The third-order valence-electron chi connectivity index (χ3n) is 4.64. The van der Waals surface area contributed by atoms with Crippen molar-refractivity contribution in [3.8, 4) is 6.07 Å². The molecule has 0 aliphatic rings. The van der Waals surface area contributed by atoms with E-state index in [4.69, 9.17) is 5.26 Å². The van der Waals surface area contributed by atoms with Crippen LogP contribution in [0, 0.1) is 21.4 Å². The van der Waals surface area contributed by atoms with Crippen LogP contribution in [0.5, 0.6) is 0 Å². The van der Waals surface area contributed by atoms with Gasteiger partial charge in [0, 0.05) is 34.9 Å². The largest absolute Gasteiger partial charge is 0.417 e. The van der Waals surface area contributed by atoms with Crippen molar-refractivity contribution in [3.05, 3.63) is 69.9 Å². The van der Waals surface area contributed by atoms with E-state index < -0.39 is 33.7 Å². The van der Waals surface area contributed by atoms with Crippen molar-refractivity contribution in [1.29, 1.82) is 5.26 Å². The fraction of sp³-hybridized carbons (Fsp3) is 0.200. The molecule has 3 aromatic rings. The molecule has 1 amide bonds. The summed E-state index contributed by atoms with van der Waals surface area (Å²) in [6.07, 6.45) is -3.26. The highest BCUT2D eigenvalue weighted by Gasteiger charge is 2.35. The van der Waals surface area contributed by atoms with E-state index in [1.54, 1.807) is 6.07 Å². The van der Waals surface area contributed by atoms with Crippen LogP contribution in [-0.2, 0) is 17.5 Å². The van der Waals surface area contributed by atoms with Crippen LogP contribution < -0.4 is 5.32 Å². The summed E-state index contributed by atoms with van der Waals surface area (Å²) in [6.45, 7) is 0.927. The number of hydrogen-bond acceptors (Lipinski definition) is 5. The van der Waals surface area contributed by atoms with Gasteiger partial charge in [-0.05, 0) is 37.3 Å². The Balaban J connectivity index is 1.83. The lowest BCUT2D eigenvalue weighted by atomic mass is 10.0. The maximum absolute atomic E-state index is 13.1. The number of nitrogens with zero attached hydrogens (tertiary/aromatic N) is 3. The van der Waals surface area contributed by atoms with E-state index >= 15 is 0 Å². The monoisotopic (exact) mass is 432 g/mol. The summed E-state index contributed by atoms with van der Waals surface area (Å²) in [5.41, 5.74) is -3.65. The Labute approximate surface area is 173 Å². The second kappa shape index (κ2) is 7.73. The van der Waals surface area contributed by atoms with Crippen LogP contribution >= 0.6 is 0 Å². The minimum atomic E-state index is -4.79. The number of amides is 1. The van der Waals surface area contributed by atoms with E-state index in [0.717, 1.165) is 12.1 Å². The lowest BCUT2D eigenvalue weighted by Crippen LogP contribution is -2.43. The molecule has 11 heteroatoms. The Morgan fingerprint density at radius 1 is 1.26 bits per heavy atom. The van der Waals surface area contributed by atoms with E-state index in [-0.39, 0.29) is 17.9 Å². The molecule has 1 heterocycles. The number of nitrogens with one attached hydrogen (secondary N) is 1. The third kappa shape index (κ3) is 4.49. The minimum absolute atomic E-state index is 0.115. The topological polar surface area (TPSA) is 121 Å². The zero-order valence-corrected chi connectivity index (χ0v) is 16.0. The normalized spacial score (nSPS) is 13.4. The number of carbonyl (C=O) groups excluding carboxylic acids is 1. The lowest BCUT2D eigenvalue weighted by Gasteiger charge is -2.24. The molecule has 160 valence electrons. The van der Waals surface area contributed by atoms with E-state index in [1.807, 2.05) is 0 Å². The van der Waals surface area contributed by atoms with Gasteiger partial charge in [0.2, 0.25) is 0 Å². The van der Waals surface area contributed by atoms with Crippen molar-refractivity contribution in [1.82, 2.24) is 4.57 Å². The summed E-state index contributed by atoms with van der Waals surface area (Å²) in [7, 11) is 0. The number of anilines is 1. The average molecular weight is 432 g/mol. The quantitative estimate of drug-likeness (QED) is 0.469. The number of halogens is 3. The fourth-order valence-electron chi connectivity index (χ4n) is 3.06. The van der Waals surface area contributed by atoms with Gasteiger partial charge in [0.25, 0.3) is 11.6 Å². The van der Waals surface area contributed by atoms with Gasteiger partial charge in [-0.1, -0.05) is 0 Å². The average Bonchev–Trinajstić information content (AvgIpc) is 3.08. The van der Waals surface area contributed by atoms with Crippen LogP contribution in [0.2, 0.25) is 0 Å². The number of hydrogen-bond donors (Lipinski definition) is 2. The van der Waals surface area contributed by atoms with E-state index in [1.165, 1.54) is 42.0 Å². The van der Waals surface area contributed by atoms with Crippen molar-refractivity contribution in [2.24, 2.45) is 0 Å². The van der Waals surface area contributed by atoms with Gasteiger partial charge in [-0.25, -0.2) is 0 Å². The second-order valence-electron chi connectivity index (χ2n) is 7.04. The van der Waals surface area contributed by atoms with Crippen molar-refractivity contribution < 1.29 is 28.0 Å². The summed E-state index contributed by atoms with van der Waals surface area (Å²) in [6, 6.07) is 9.80. The highest BCUT2D eigenvalue weighted by Crippen LogP contribution is 2.33. The molecule has 0 unspecified atom stereocenters. The van der Waals surface area contributed by atoms with Crippen molar-refractivity contribution in [2.75, 3.05) is 5.32 Å². The number of aliphatic hydroxyl groups is 1. The molecule has 0 bridgehead atoms. The van der Waals surface area contributed by atoms with Gasteiger partial charge >= 0.3 is 6.18 Å². The molecule has 0 fully saturated rings. The summed E-state index contributed by atoms with van der Waals surface area (Å²) in [5, 5.41) is 33.1. The van der Waals surface area contributed by atoms with Gasteiger partial charge in [0.1, 0.15) is 0 Å². The predicted molar refractivity (Wildman–Crippen MR) is 104 cm³/mol. The molecule has 0 radical (unpaired) electrons. The van der Waals surface area contributed by atoms with Crippen LogP contribution in [0.15, 0.2) is 48.7 Å². The molecule has 0 saturated heterocycles. The van der Waals surface area contributed by atoms with E-state index in [0.29, 0.717) is 17.0 Å². The first-order chi connectivity index (χ1) is 14.4. The molecule has 0 saturated carbocycles. The molecule has 2 N–H and O–H groups in total. The van der Waals surface area contributed by atoms with Gasteiger partial charge < -0.3 is 15.0 Å². The Bertz CT molecular complexity index is 1230. The number of nitriles is 1. The Kier molecular flexibility index (Phi) is 5.43. The fourth-order valence-corrected chi connectivity index (χ4v) is 3.06. The number of aromatic nitrogens is 1. The van der Waals surface area contributed by atoms with Crippen LogP contribution in [0.1, 0.15) is 18.1 Å². The maximum atomic E-state index is 13.1. The number of fused-ring (bicyclic) bond motifs is 1. The molecule has 0 spiro atoms. The number of benzene rings is 2. The summed E-state index contributed by atoms with van der Waals surface area (Å²) < 4.78 is 40.8. The standard InChI is InChI=1S/C20H15F3N4O4/c1-19(29,11-26-7-6-12-8-15(27(30)31)4-5-17(12)26)18(28)25-14-3-2-13(10-24)16(9-14)20(21,22)23/h2-9,29H,11H2,1H3,(H,25,28)/t19-/m0/s1. The Morgan fingerprint density at radius 2 is 1.97 bits per heavy atom. The molecule has 3 rings (SSSR count). The summed E-state index contributed by atoms with van der Waals surface area (Å²) >= 11 is 0. The number of nitro groups is 1. The van der Waals surface area contributed by atoms with Gasteiger partial charge in [-0.15, -0.1) is 0 Å². The van der Waals surface area contributed by atoms with E-state index in [9.17, 15) is 33.2 Å². The SMILES string of the molecule is C[C@](O)(Cn1ccc2cc([N+](=O)[O-])ccc21)C(=O)Nc1ccc(C#N)c(C(F)(F)F)c1. The zero-order valence-electron chi connectivity index (χ0n) is 16.0. The van der Waals surface area contributed by atoms with Gasteiger partial charge in [0.05, 0.1) is 28.7 Å². The van der Waals surface area contributed by atoms with Crippen molar-refractivity contribution in [3.63, 3.8) is 0 Å². The van der Waals surface area contributed by atoms with Crippen molar-refractivity contribution in [2.45, 2.75) is 25.2 Å². The minimum Gasteiger partial charge on any atom is -0.378 e. The van der Waals surface area contributed by atoms with Gasteiger partial charge in [0.15, 0.2) is 5.60 Å². The number of carbonyl (C=O) groups is 1. The number of rotatable bonds is 5. The van der Waals surface area contributed by atoms with E-state index in [2.05, 4.69) is 5.32 Å². The van der Waals surface area contributed by atoms with Crippen molar-refractivity contribution >= 4 is 28.2 Å². The Hall–Kier alpha value is -3.91. The number of non-ortho nitro benzene ring substituents is 1. The molecule has 31 heavy (non-hydrogen) atoms. The van der Waals surface area contributed by atoms with Crippen LogP contribution in [0.4, 0.5) is 24.5 Å². The third-order valence-corrected chi connectivity index (χ3v) is 4.64. The molecule has 2 aromatic carbocycles. The predicted octanol–water partition coefficient (Wildman–Crippen LogP) is 3.83. The summed E-state index contributed by atoms with van der Waals surface area (Å²) in [4.78, 5) is 22.9. The molecular formula is C20H15F3N4O4. The second-order valence-corrected chi connectivity index (χ2v) is 7.04. The first-order valence-corrected chi connectivity index (χ1v) is 8.81. The molecule has 8 nitrogen and oxygen atoms in total.